The summed E-state index contributed by atoms with van der Waals surface area (Å²) in [4.78, 5) is 0. The number of aliphatic hydroxyl groups excluding tert-OH is 1. The molecule has 1 aromatic rings. The van der Waals surface area contributed by atoms with Gasteiger partial charge in [0.15, 0.2) is 0 Å². The topological polar surface area (TPSA) is 41.5 Å². The van der Waals surface area contributed by atoms with Gasteiger partial charge in [-0.15, -0.1) is 0 Å². The van der Waals surface area contributed by atoms with E-state index in [1.807, 2.05) is 6.07 Å². The van der Waals surface area contributed by atoms with Gasteiger partial charge in [-0.2, -0.15) is 0 Å². The summed E-state index contributed by atoms with van der Waals surface area (Å²) in [5, 5.41) is 13.0. The number of ether oxygens (including phenoxy) is 1. The molecular formula is C14H21NO2. The van der Waals surface area contributed by atoms with Crippen molar-refractivity contribution in [3.63, 3.8) is 0 Å². The first-order valence-corrected chi connectivity index (χ1v) is 6.25. The lowest BCUT2D eigenvalue weighted by atomic mass is 9.79. The molecule has 0 aliphatic carbocycles. The van der Waals surface area contributed by atoms with Crippen LogP contribution in [0.3, 0.4) is 0 Å². The maximum atomic E-state index is 9.69. The highest BCUT2D eigenvalue weighted by molar-refractivity contribution is 5.41. The van der Waals surface area contributed by atoms with Crippen LogP contribution in [0.25, 0.3) is 0 Å². The standard InChI is InChI=1S/C14H21NO2/c1-3-11-8-12(4-5-13(11)17-2)14(10-16)6-7-15-9-14/h4-5,8,15-16H,3,6-7,9-10H2,1-2H3. The third-order valence-corrected chi connectivity index (χ3v) is 3.82. The predicted molar refractivity (Wildman–Crippen MR) is 68.6 cm³/mol. The maximum absolute atomic E-state index is 9.69. The Bertz CT molecular complexity index is 384. The Morgan fingerprint density at radius 1 is 1.47 bits per heavy atom. The molecule has 3 nitrogen and oxygen atoms in total. The average molecular weight is 235 g/mol. The molecule has 0 aromatic heterocycles. The fourth-order valence-corrected chi connectivity index (χ4v) is 2.60. The Hall–Kier alpha value is -1.06. The summed E-state index contributed by atoms with van der Waals surface area (Å²) in [7, 11) is 1.70. The van der Waals surface area contributed by atoms with Gasteiger partial charge in [0.05, 0.1) is 13.7 Å². The van der Waals surface area contributed by atoms with Crippen molar-refractivity contribution in [1.82, 2.24) is 5.32 Å². The molecule has 1 unspecified atom stereocenters. The van der Waals surface area contributed by atoms with Crippen molar-refractivity contribution >= 4 is 0 Å². The number of hydrogen-bond acceptors (Lipinski definition) is 3. The quantitative estimate of drug-likeness (QED) is 0.830. The van der Waals surface area contributed by atoms with E-state index in [1.54, 1.807) is 7.11 Å². The SMILES string of the molecule is CCc1cc(C2(CO)CCNC2)ccc1OC. The van der Waals surface area contributed by atoms with Crippen LogP contribution in [0.5, 0.6) is 5.75 Å². The van der Waals surface area contributed by atoms with Gasteiger partial charge < -0.3 is 15.2 Å². The zero-order chi connectivity index (χ0) is 12.3. The molecule has 0 radical (unpaired) electrons. The van der Waals surface area contributed by atoms with Crippen LogP contribution in [0, 0.1) is 0 Å². The van der Waals surface area contributed by atoms with Gasteiger partial charge in [-0.05, 0) is 36.6 Å². The van der Waals surface area contributed by atoms with Gasteiger partial charge in [0.2, 0.25) is 0 Å². The summed E-state index contributed by atoms with van der Waals surface area (Å²) in [5.41, 5.74) is 2.34. The number of rotatable bonds is 4. The Morgan fingerprint density at radius 2 is 2.29 bits per heavy atom. The van der Waals surface area contributed by atoms with E-state index >= 15 is 0 Å². The fourth-order valence-electron chi connectivity index (χ4n) is 2.60. The first-order chi connectivity index (χ1) is 8.25. The molecule has 3 heteroatoms. The highest BCUT2D eigenvalue weighted by Crippen LogP contribution is 2.33. The molecule has 1 fully saturated rings. The van der Waals surface area contributed by atoms with E-state index in [9.17, 15) is 5.11 Å². The lowest BCUT2D eigenvalue weighted by molar-refractivity contribution is 0.205. The highest BCUT2D eigenvalue weighted by atomic mass is 16.5. The maximum Gasteiger partial charge on any atom is 0.122 e. The molecule has 0 bridgehead atoms. The van der Waals surface area contributed by atoms with Crippen molar-refractivity contribution in [2.45, 2.75) is 25.2 Å². The van der Waals surface area contributed by atoms with Crippen LogP contribution in [0.4, 0.5) is 0 Å². The van der Waals surface area contributed by atoms with Crippen LogP contribution in [-0.2, 0) is 11.8 Å². The zero-order valence-corrected chi connectivity index (χ0v) is 10.6. The number of benzene rings is 1. The average Bonchev–Trinajstić information content (AvgIpc) is 2.88. The van der Waals surface area contributed by atoms with Gasteiger partial charge in [-0.25, -0.2) is 0 Å². The van der Waals surface area contributed by atoms with Gasteiger partial charge in [-0.1, -0.05) is 19.1 Å². The summed E-state index contributed by atoms with van der Waals surface area (Å²) in [6.07, 6.45) is 1.95. The van der Waals surface area contributed by atoms with E-state index in [1.165, 1.54) is 11.1 Å². The van der Waals surface area contributed by atoms with E-state index < -0.39 is 0 Å². The second kappa shape index (κ2) is 5.07. The number of nitrogens with one attached hydrogen (secondary N) is 1. The molecule has 0 saturated carbocycles. The molecule has 1 atom stereocenters. The molecule has 1 saturated heterocycles. The molecule has 17 heavy (non-hydrogen) atoms. The molecule has 1 aliphatic heterocycles. The van der Waals surface area contributed by atoms with Gasteiger partial charge in [0, 0.05) is 12.0 Å². The first kappa shape index (κ1) is 12.4. The number of methoxy groups -OCH3 is 1. The largest absolute Gasteiger partial charge is 0.496 e. The molecule has 94 valence electrons. The minimum Gasteiger partial charge on any atom is -0.496 e. The van der Waals surface area contributed by atoms with Crippen LogP contribution >= 0.6 is 0 Å². The van der Waals surface area contributed by atoms with E-state index in [2.05, 4.69) is 24.4 Å². The molecule has 2 rings (SSSR count). The summed E-state index contributed by atoms with van der Waals surface area (Å²) >= 11 is 0. The summed E-state index contributed by atoms with van der Waals surface area (Å²) < 4.78 is 5.34. The lowest BCUT2D eigenvalue weighted by Gasteiger charge is -2.27. The van der Waals surface area contributed by atoms with E-state index in [0.29, 0.717) is 0 Å². The smallest absolute Gasteiger partial charge is 0.122 e. The Kier molecular flexibility index (Phi) is 3.69. The van der Waals surface area contributed by atoms with Crippen LogP contribution in [0.1, 0.15) is 24.5 Å². The monoisotopic (exact) mass is 235 g/mol. The minimum absolute atomic E-state index is 0.101. The van der Waals surface area contributed by atoms with Crippen molar-refractivity contribution in [2.75, 3.05) is 26.8 Å². The molecule has 1 aliphatic rings. The minimum atomic E-state index is -0.101. The normalized spacial score (nSPS) is 23.9. The third kappa shape index (κ3) is 2.17. The Labute approximate surface area is 103 Å². The molecule has 2 N–H and O–H groups in total. The lowest BCUT2D eigenvalue weighted by Crippen LogP contribution is -2.33. The molecule has 1 heterocycles. The van der Waals surface area contributed by atoms with Crippen LogP contribution in [0.15, 0.2) is 18.2 Å². The van der Waals surface area contributed by atoms with Crippen LogP contribution < -0.4 is 10.1 Å². The van der Waals surface area contributed by atoms with Crippen molar-refractivity contribution in [2.24, 2.45) is 0 Å². The van der Waals surface area contributed by atoms with E-state index in [4.69, 9.17) is 4.74 Å². The Balaban J connectivity index is 2.38. The summed E-state index contributed by atoms with van der Waals surface area (Å²) in [6.45, 7) is 4.17. The molecule has 0 amide bonds. The van der Waals surface area contributed by atoms with Gasteiger partial charge >= 0.3 is 0 Å². The zero-order valence-electron chi connectivity index (χ0n) is 10.6. The molecule has 0 spiro atoms. The number of hydrogen-bond donors (Lipinski definition) is 2. The summed E-state index contributed by atoms with van der Waals surface area (Å²) in [6, 6.07) is 6.28. The Morgan fingerprint density at radius 3 is 2.82 bits per heavy atom. The summed E-state index contributed by atoms with van der Waals surface area (Å²) in [5.74, 6) is 0.940. The number of aryl methyl sites for hydroxylation is 1. The van der Waals surface area contributed by atoms with E-state index in [-0.39, 0.29) is 12.0 Å². The molecular weight excluding hydrogens is 214 g/mol. The van der Waals surface area contributed by atoms with Crippen LogP contribution in [-0.4, -0.2) is 31.9 Å². The highest BCUT2D eigenvalue weighted by Gasteiger charge is 2.35. The first-order valence-electron chi connectivity index (χ1n) is 6.25. The van der Waals surface area contributed by atoms with Gasteiger partial charge in [0.1, 0.15) is 5.75 Å². The third-order valence-electron chi connectivity index (χ3n) is 3.82. The van der Waals surface area contributed by atoms with E-state index in [0.717, 1.165) is 31.7 Å². The predicted octanol–water partition coefficient (Wildman–Crippen LogP) is 1.48. The van der Waals surface area contributed by atoms with Crippen molar-refractivity contribution in [3.8, 4) is 5.75 Å². The van der Waals surface area contributed by atoms with Crippen molar-refractivity contribution < 1.29 is 9.84 Å². The number of aliphatic hydroxyl groups is 1. The van der Waals surface area contributed by atoms with Gasteiger partial charge in [-0.3, -0.25) is 0 Å². The molecule has 1 aromatic carbocycles. The second-order valence-corrected chi connectivity index (χ2v) is 4.75. The second-order valence-electron chi connectivity index (χ2n) is 4.75. The van der Waals surface area contributed by atoms with Gasteiger partial charge in [0.25, 0.3) is 0 Å². The van der Waals surface area contributed by atoms with Crippen LogP contribution in [0.2, 0.25) is 0 Å². The fraction of sp³-hybridized carbons (Fsp3) is 0.571. The van der Waals surface area contributed by atoms with Crippen molar-refractivity contribution in [1.29, 1.82) is 0 Å². The van der Waals surface area contributed by atoms with Crippen molar-refractivity contribution in [3.05, 3.63) is 29.3 Å².